The number of hydrogen-bond acceptors (Lipinski definition) is 4. The van der Waals surface area contributed by atoms with Gasteiger partial charge in [0.25, 0.3) is 5.91 Å². The Morgan fingerprint density at radius 3 is 2.86 bits per heavy atom. The van der Waals surface area contributed by atoms with Crippen molar-refractivity contribution in [3.8, 4) is 23.8 Å². The third kappa shape index (κ3) is 5.66. The highest BCUT2D eigenvalue weighted by Gasteiger charge is 2.14. The van der Waals surface area contributed by atoms with Gasteiger partial charge in [-0.05, 0) is 47.0 Å². The highest BCUT2D eigenvalue weighted by atomic mass is 79.9. The number of nitrogens with one attached hydrogen (secondary N) is 1. The summed E-state index contributed by atoms with van der Waals surface area (Å²) in [7, 11) is 1.54. The molecule has 0 aliphatic carbocycles. The quantitative estimate of drug-likeness (QED) is 0.727. The molecule has 1 atom stereocenters. The molecule has 1 aromatic carbocycles. The van der Waals surface area contributed by atoms with E-state index in [9.17, 15) is 4.79 Å². The number of halogens is 1. The molecule has 0 radical (unpaired) electrons. The lowest BCUT2D eigenvalue weighted by Crippen LogP contribution is -2.29. The van der Waals surface area contributed by atoms with Gasteiger partial charge in [0, 0.05) is 6.04 Å². The third-order valence-corrected chi connectivity index (χ3v) is 3.17. The molecule has 1 rings (SSSR count). The first-order valence-corrected chi connectivity index (χ1v) is 7.22. The van der Waals surface area contributed by atoms with Gasteiger partial charge in [-0.25, -0.2) is 0 Å². The number of methoxy groups -OCH3 is 1. The lowest BCUT2D eigenvalue weighted by atomic mass is 10.1. The number of carbonyl (C=O) groups excluding carboxylic acids is 1. The van der Waals surface area contributed by atoms with Crippen LogP contribution >= 0.6 is 15.9 Å². The molecule has 0 fully saturated rings. The Balaban J connectivity index is 2.82. The molecule has 0 aliphatic rings. The van der Waals surface area contributed by atoms with Crippen LogP contribution in [0.4, 0.5) is 0 Å². The van der Waals surface area contributed by atoms with Crippen molar-refractivity contribution in [3.05, 3.63) is 22.2 Å². The molecule has 21 heavy (non-hydrogen) atoms. The number of terminal acetylenes is 1. The first kappa shape index (κ1) is 17.3. The topological polar surface area (TPSA) is 73.6 Å². The van der Waals surface area contributed by atoms with Crippen LogP contribution in [-0.4, -0.2) is 32.2 Å². The maximum atomic E-state index is 11.5. The van der Waals surface area contributed by atoms with Crippen LogP contribution in [0.5, 0.6) is 11.5 Å². The average molecular weight is 355 g/mol. The second-order valence-corrected chi connectivity index (χ2v) is 5.41. The van der Waals surface area contributed by atoms with Crippen molar-refractivity contribution in [2.45, 2.75) is 19.4 Å². The van der Waals surface area contributed by atoms with Gasteiger partial charge >= 0.3 is 0 Å². The SMILES string of the molecule is C#CCNC(=O)COc1c(Br)cc(CC(C)N)cc1OC. The van der Waals surface area contributed by atoms with Crippen molar-refractivity contribution >= 4 is 21.8 Å². The molecule has 1 aromatic rings. The summed E-state index contributed by atoms with van der Waals surface area (Å²) >= 11 is 3.42. The van der Waals surface area contributed by atoms with E-state index in [-0.39, 0.29) is 25.1 Å². The first-order valence-electron chi connectivity index (χ1n) is 6.42. The van der Waals surface area contributed by atoms with Gasteiger partial charge in [0.1, 0.15) is 0 Å². The van der Waals surface area contributed by atoms with Gasteiger partial charge in [-0.2, -0.15) is 0 Å². The van der Waals surface area contributed by atoms with Gasteiger partial charge in [0.05, 0.1) is 18.1 Å². The number of nitrogens with two attached hydrogens (primary N) is 1. The molecule has 6 heteroatoms. The summed E-state index contributed by atoms with van der Waals surface area (Å²) in [5.74, 6) is 3.05. The first-order chi connectivity index (χ1) is 9.97. The van der Waals surface area contributed by atoms with E-state index in [1.54, 1.807) is 7.11 Å². The lowest BCUT2D eigenvalue weighted by molar-refractivity contribution is -0.122. The van der Waals surface area contributed by atoms with Crippen molar-refractivity contribution < 1.29 is 14.3 Å². The lowest BCUT2D eigenvalue weighted by Gasteiger charge is -2.15. The molecule has 0 saturated carbocycles. The summed E-state index contributed by atoms with van der Waals surface area (Å²) in [6, 6.07) is 3.80. The van der Waals surface area contributed by atoms with Crippen LogP contribution in [0.25, 0.3) is 0 Å². The number of benzene rings is 1. The predicted octanol–water partition coefficient (Wildman–Crippen LogP) is 1.48. The van der Waals surface area contributed by atoms with Crippen molar-refractivity contribution in [1.29, 1.82) is 0 Å². The van der Waals surface area contributed by atoms with Gasteiger partial charge in [-0.1, -0.05) is 5.92 Å². The molecule has 114 valence electrons. The molecular weight excluding hydrogens is 336 g/mol. The van der Waals surface area contributed by atoms with E-state index < -0.39 is 0 Å². The van der Waals surface area contributed by atoms with Crippen LogP contribution in [-0.2, 0) is 11.2 Å². The van der Waals surface area contributed by atoms with Crippen LogP contribution < -0.4 is 20.5 Å². The van der Waals surface area contributed by atoms with Gasteiger partial charge in [0.15, 0.2) is 18.1 Å². The smallest absolute Gasteiger partial charge is 0.258 e. The molecule has 0 aromatic heterocycles. The minimum Gasteiger partial charge on any atom is -0.493 e. The summed E-state index contributed by atoms with van der Waals surface area (Å²) in [6.07, 6.45) is 5.79. The number of ether oxygens (including phenoxy) is 2. The second-order valence-electron chi connectivity index (χ2n) is 4.56. The Labute approximate surface area is 133 Å². The Morgan fingerprint density at radius 2 is 2.29 bits per heavy atom. The van der Waals surface area contributed by atoms with Crippen LogP contribution in [0.2, 0.25) is 0 Å². The van der Waals surface area contributed by atoms with Gasteiger partial charge < -0.3 is 20.5 Å². The number of hydrogen-bond donors (Lipinski definition) is 2. The van der Waals surface area contributed by atoms with E-state index in [0.29, 0.717) is 16.0 Å². The van der Waals surface area contributed by atoms with Crippen molar-refractivity contribution in [2.75, 3.05) is 20.3 Å². The fraction of sp³-hybridized carbons (Fsp3) is 0.400. The highest BCUT2D eigenvalue weighted by molar-refractivity contribution is 9.10. The zero-order valence-electron chi connectivity index (χ0n) is 12.1. The molecule has 0 spiro atoms. The fourth-order valence-electron chi connectivity index (χ4n) is 1.74. The summed E-state index contributed by atoms with van der Waals surface area (Å²) < 4.78 is 11.5. The van der Waals surface area contributed by atoms with Gasteiger partial charge in [-0.15, -0.1) is 6.42 Å². The number of amides is 1. The van der Waals surface area contributed by atoms with Crippen molar-refractivity contribution in [3.63, 3.8) is 0 Å². The van der Waals surface area contributed by atoms with Crippen molar-refractivity contribution in [1.82, 2.24) is 5.32 Å². The van der Waals surface area contributed by atoms with Crippen LogP contribution in [0, 0.1) is 12.3 Å². The predicted molar refractivity (Wildman–Crippen MR) is 85.4 cm³/mol. The monoisotopic (exact) mass is 354 g/mol. The largest absolute Gasteiger partial charge is 0.493 e. The fourth-order valence-corrected chi connectivity index (χ4v) is 2.35. The zero-order chi connectivity index (χ0) is 15.8. The minimum absolute atomic E-state index is 0.0444. The summed E-state index contributed by atoms with van der Waals surface area (Å²) in [6.45, 7) is 1.97. The van der Waals surface area contributed by atoms with E-state index in [2.05, 4.69) is 27.2 Å². The zero-order valence-corrected chi connectivity index (χ0v) is 13.7. The van der Waals surface area contributed by atoms with Gasteiger partial charge in [0.2, 0.25) is 0 Å². The summed E-state index contributed by atoms with van der Waals surface area (Å²) in [5, 5.41) is 2.52. The summed E-state index contributed by atoms with van der Waals surface area (Å²) in [5.41, 5.74) is 6.82. The molecule has 0 saturated heterocycles. The van der Waals surface area contributed by atoms with E-state index in [1.165, 1.54) is 0 Å². The van der Waals surface area contributed by atoms with E-state index in [4.69, 9.17) is 21.6 Å². The standard InChI is InChI=1S/C15H19BrN2O3/c1-4-5-18-14(19)9-21-15-12(16)7-11(6-10(2)17)8-13(15)20-3/h1,7-8,10H,5-6,9,17H2,2-3H3,(H,18,19). The third-order valence-electron chi connectivity index (χ3n) is 2.58. The maximum absolute atomic E-state index is 11.5. The Hall–Kier alpha value is -1.71. The molecule has 1 amide bonds. The second kappa shape index (κ2) is 8.55. The maximum Gasteiger partial charge on any atom is 0.258 e. The Bertz CT molecular complexity index is 538. The van der Waals surface area contributed by atoms with E-state index >= 15 is 0 Å². The van der Waals surface area contributed by atoms with Crippen LogP contribution in [0.3, 0.4) is 0 Å². The van der Waals surface area contributed by atoms with Crippen LogP contribution in [0.1, 0.15) is 12.5 Å². The minimum atomic E-state index is -0.290. The molecule has 0 aliphatic heterocycles. The normalized spacial score (nSPS) is 11.4. The molecule has 3 N–H and O–H groups in total. The average Bonchev–Trinajstić information content (AvgIpc) is 2.42. The molecule has 0 bridgehead atoms. The Morgan fingerprint density at radius 1 is 1.57 bits per heavy atom. The van der Waals surface area contributed by atoms with E-state index in [0.717, 1.165) is 12.0 Å². The molecule has 1 unspecified atom stereocenters. The summed E-state index contributed by atoms with van der Waals surface area (Å²) in [4.78, 5) is 11.5. The molecule has 5 nitrogen and oxygen atoms in total. The number of rotatable bonds is 7. The Kier molecular flexibility index (Phi) is 7.06. The van der Waals surface area contributed by atoms with E-state index in [1.807, 2.05) is 19.1 Å². The van der Waals surface area contributed by atoms with Crippen molar-refractivity contribution in [2.24, 2.45) is 5.73 Å². The van der Waals surface area contributed by atoms with Gasteiger partial charge in [-0.3, -0.25) is 4.79 Å². The molecular formula is C15H19BrN2O3. The highest BCUT2D eigenvalue weighted by Crippen LogP contribution is 2.36. The molecule has 0 heterocycles. The van der Waals surface area contributed by atoms with Crippen LogP contribution in [0.15, 0.2) is 16.6 Å². The number of carbonyl (C=O) groups is 1.